The van der Waals surface area contributed by atoms with Crippen molar-refractivity contribution in [2.75, 3.05) is 11.9 Å². The number of carbonyl (C=O) groups is 1. The van der Waals surface area contributed by atoms with Gasteiger partial charge in [-0.25, -0.2) is 0 Å². The van der Waals surface area contributed by atoms with Crippen molar-refractivity contribution in [3.8, 4) is 6.07 Å². The number of aryl methyl sites for hydroxylation is 1. The topological polar surface area (TPSA) is 44.1 Å². The van der Waals surface area contributed by atoms with Crippen LogP contribution in [-0.4, -0.2) is 13.0 Å². The summed E-state index contributed by atoms with van der Waals surface area (Å²) in [6, 6.07) is 6.15. The molecule has 0 atom stereocenters. The van der Waals surface area contributed by atoms with E-state index in [0.717, 1.165) is 22.4 Å². The Balaban J connectivity index is 2.59. The number of nitrogens with zero attached hydrogens (tertiary/aromatic N) is 2. The zero-order valence-electron chi connectivity index (χ0n) is 8.87. The Morgan fingerprint density at radius 1 is 1.53 bits per heavy atom. The highest BCUT2D eigenvalue weighted by atomic mass is 16.2. The molecular weight excluding hydrogens is 188 g/mol. The van der Waals surface area contributed by atoms with Crippen molar-refractivity contribution in [2.24, 2.45) is 0 Å². The standard InChI is InChI=1S/C12H12N2O/c1-8-5-9(3-4-13)12-10(6-8)7-11(15)14(12)2/h5-6H,3,7H2,1-2H3. The predicted octanol–water partition coefficient (Wildman–Crippen LogP) is 1.58. The summed E-state index contributed by atoms with van der Waals surface area (Å²) in [7, 11) is 1.77. The van der Waals surface area contributed by atoms with Crippen LogP contribution in [0.15, 0.2) is 12.1 Å². The van der Waals surface area contributed by atoms with E-state index in [1.54, 1.807) is 11.9 Å². The van der Waals surface area contributed by atoms with Crippen LogP contribution >= 0.6 is 0 Å². The second-order valence-corrected chi connectivity index (χ2v) is 3.90. The van der Waals surface area contributed by atoms with Gasteiger partial charge in [-0.3, -0.25) is 4.79 Å². The fraction of sp³-hybridized carbons (Fsp3) is 0.333. The van der Waals surface area contributed by atoms with Gasteiger partial charge in [0.25, 0.3) is 0 Å². The molecule has 1 aromatic carbocycles. The highest BCUT2D eigenvalue weighted by Crippen LogP contribution is 2.32. The Labute approximate surface area is 88.9 Å². The van der Waals surface area contributed by atoms with Crippen LogP contribution < -0.4 is 4.90 Å². The van der Waals surface area contributed by atoms with Crippen LogP contribution in [0.2, 0.25) is 0 Å². The lowest BCUT2D eigenvalue weighted by Gasteiger charge is -2.14. The Hall–Kier alpha value is -1.82. The number of carbonyl (C=O) groups excluding carboxylic acids is 1. The molecule has 0 saturated heterocycles. The quantitative estimate of drug-likeness (QED) is 0.690. The largest absolute Gasteiger partial charge is 0.315 e. The van der Waals surface area contributed by atoms with Gasteiger partial charge in [0.1, 0.15) is 0 Å². The van der Waals surface area contributed by atoms with E-state index in [0.29, 0.717) is 12.8 Å². The van der Waals surface area contributed by atoms with Gasteiger partial charge in [-0.15, -0.1) is 0 Å². The Morgan fingerprint density at radius 2 is 2.27 bits per heavy atom. The van der Waals surface area contributed by atoms with Gasteiger partial charge < -0.3 is 4.90 Å². The zero-order valence-corrected chi connectivity index (χ0v) is 8.87. The molecule has 0 unspecified atom stereocenters. The van der Waals surface area contributed by atoms with Crippen molar-refractivity contribution in [3.63, 3.8) is 0 Å². The second kappa shape index (κ2) is 3.39. The minimum atomic E-state index is 0.106. The van der Waals surface area contributed by atoms with E-state index in [1.807, 2.05) is 19.1 Å². The average molecular weight is 200 g/mol. The number of anilines is 1. The molecule has 0 fully saturated rings. The van der Waals surface area contributed by atoms with Gasteiger partial charge in [-0.05, 0) is 18.1 Å². The third-order valence-electron chi connectivity index (χ3n) is 2.73. The maximum atomic E-state index is 11.5. The molecule has 1 amide bonds. The summed E-state index contributed by atoms with van der Waals surface area (Å²) in [6.45, 7) is 1.99. The first-order chi connectivity index (χ1) is 7.13. The summed E-state index contributed by atoms with van der Waals surface area (Å²) >= 11 is 0. The first-order valence-electron chi connectivity index (χ1n) is 4.89. The van der Waals surface area contributed by atoms with E-state index < -0.39 is 0 Å². The second-order valence-electron chi connectivity index (χ2n) is 3.90. The number of benzene rings is 1. The molecule has 1 heterocycles. The number of fused-ring (bicyclic) bond motifs is 1. The molecule has 1 aliphatic heterocycles. The fourth-order valence-electron chi connectivity index (χ4n) is 2.13. The molecule has 0 radical (unpaired) electrons. The molecule has 3 heteroatoms. The maximum absolute atomic E-state index is 11.5. The Morgan fingerprint density at radius 3 is 2.93 bits per heavy atom. The van der Waals surface area contributed by atoms with E-state index in [-0.39, 0.29) is 5.91 Å². The van der Waals surface area contributed by atoms with E-state index in [2.05, 4.69) is 6.07 Å². The van der Waals surface area contributed by atoms with Crippen molar-refractivity contribution >= 4 is 11.6 Å². The van der Waals surface area contributed by atoms with Crippen LogP contribution in [0.1, 0.15) is 16.7 Å². The summed E-state index contributed by atoms with van der Waals surface area (Å²) in [4.78, 5) is 13.2. The van der Waals surface area contributed by atoms with E-state index in [1.165, 1.54) is 0 Å². The molecule has 0 aliphatic carbocycles. The van der Waals surface area contributed by atoms with Crippen LogP contribution in [0.3, 0.4) is 0 Å². The smallest absolute Gasteiger partial charge is 0.231 e. The molecule has 0 aromatic heterocycles. The lowest BCUT2D eigenvalue weighted by molar-refractivity contribution is -0.117. The lowest BCUT2D eigenvalue weighted by Crippen LogP contribution is -2.21. The van der Waals surface area contributed by atoms with Crippen LogP contribution in [0.5, 0.6) is 0 Å². The normalized spacial score (nSPS) is 13.9. The van der Waals surface area contributed by atoms with Crippen molar-refractivity contribution in [1.82, 2.24) is 0 Å². The molecule has 3 nitrogen and oxygen atoms in total. The van der Waals surface area contributed by atoms with Gasteiger partial charge in [-0.2, -0.15) is 5.26 Å². The van der Waals surface area contributed by atoms with E-state index >= 15 is 0 Å². The summed E-state index contributed by atoms with van der Waals surface area (Å²) < 4.78 is 0. The zero-order chi connectivity index (χ0) is 11.0. The summed E-state index contributed by atoms with van der Waals surface area (Å²) in [5.74, 6) is 0.106. The predicted molar refractivity (Wildman–Crippen MR) is 57.6 cm³/mol. The third kappa shape index (κ3) is 1.48. The van der Waals surface area contributed by atoms with Crippen LogP contribution in [0.25, 0.3) is 0 Å². The molecule has 0 spiro atoms. The SMILES string of the molecule is Cc1cc(CC#N)c2c(c1)CC(=O)N2C. The molecule has 1 aromatic rings. The molecule has 0 bridgehead atoms. The first-order valence-corrected chi connectivity index (χ1v) is 4.89. The van der Waals surface area contributed by atoms with Crippen molar-refractivity contribution in [3.05, 3.63) is 28.8 Å². The van der Waals surface area contributed by atoms with Gasteiger partial charge in [-0.1, -0.05) is 17.7 Å². The number of amides is 1. The van der Waals surface area contributed by atoms with Crippen LogP contribution in [0, 0.1) is 18.3 Å². The number of hydrogen-bond acceptors (Lipinski definition) is 2. The molecule has 2 rings (SSSR count). The van der Waals surface area contributed by atoms with Crippen molar-refractivity contribution < 1.29 is 4.79 Å². The number of rotatable bonds is 1. The van der Waals surface area contributed by atoms with Gasteiger partial charge in [0, 0.05) is 7.05 Å². The Kier molecular flexibility index (Phi) is 2.20. The van der Waals surface area contributed by atoms with Gasteiger partial charge in [0.15, 0.2) is 0 Å². The Bertz CT molecular complexity index is 471. The monoisotopic (exact) mass is 200 g/mol. The van der Waals surface area contributed by atoms with Crippen LogP contribution in [-0.2, 0) is 17.6 Å². The highest BCUT2D eigenvalue weighted by Gasteiger charge is 2.26. The van der Waals surface area contributed by atoms with Gasteiger partial charge in [0.2, 0.25) is 5.91 Å². The fourth-order valence-corrected chi connectivity index (χ4v) is 2.13. The highest BCUT2D eigenvalue weighted by molar-refractivity contribution is 6.02. The van der Waals surface area contributed by atoms with E-state index in [9.17, 15) is 4.79 Å². The third-order valence-corrected chi connectivity index (χ3v) is 2.73. The van der Waals surface area contributed by atoms with Crippen molar-refractivity contribution in [1.29, 1.82) is 5.26 Å². The number of hydrogen-bond donors (Lipinski definition) is 0. The summed E-state index contributed by atoms with van der Waals surface area (Å²) in [5, 5.41) is 8.74. The maximum Gasteiger partial charge on any atom is 0.231 e. The van der Waals surface area contributed by atoms with E-state index in [4.69, 9.17) is 5.26 Å². The minimum absolute atomic E-state index is 0.106. The summed E-state index contributed by atoms with van der Waals surface area (Å²) in [6.07, 6.45) is 0.827. The number of likely N-dealkylation sites (N-methyl/N-ethyl adjacent to an activating group) is 1. The minimum Gasteiger partial charge on any atom is -0.315 e. The molecule has 76 valence electrons. The van der Waals surface area contributed by atoms with Crippen LogP contribution in [0.4, 0.5) is 5.69 Å². The summed E-state index contributed by atoms with van der Waals surface area (Å²) in [5.41, 5.74) is 4.06. The first kappa shape index (κ1) is 9.72. The van der Waals surface area contributed by atoms with Gasteiger partial charge in [0.05, 0.1) is 24.6 Å². The molecule has 0 saturated carbocycles. The number of nitriles is 1. The molecular formula is C12H12N2O. The lowest BCUT2D eigenvalue weighted by atomic mass is 10.0. The molecule has 0 N–H and O–H groups in total. The molecule has 1 aliphatic rings. The van der Waals surface area contributed by atoms with Gasteiger partial charge >= 0.3 is 0 Å². The van der Waals surface area contributed by atoms with Crippen molar-refractivity contribution in [2.45, 2.75) is 19.8 Å². The average Bonchev–Trinajstić information content (AvgIpc) is 2.42. The molecule has 15 heavy (non-hydrogen) atoms.